The molecule has 3 aromatic rings. The molecule has 5 nitrogen and oxygen atoms in total. The maximum absolute atomic E-state index is 5.21. The molecule has 1 unspecified atom stereocenters. The van der Waals surface area contributed by atoms with Crippen LogP contribution in [-0.4, -0.2) is 20.3 Å². The fourth-order valence-corrected chi connectivity index (χ4v) is 2.71. The second kappa shape index (κ2) is 4.70. The molecule has 1 atom stereocenters. The lowest BCUT2D eigenvalue weighted by Crippen LogP contribution is -2.05. The van der Waals surface area contributed by atoms with Gasteiger partial charge in [0, 0.05) is 23.6 Å². The highest BCUT2D eigenvalue weighted by molar-refractivity contribution is 5.70. The SMILES string of the molecule is Cc1noc(-c2n[nH]c3c2C=CC(c2ccccc2)C3)n1. The minimum absolute atomic E-state index is 0.372. The number of fused-ring (bicyclic) bond motifs is 1. The highest BCUT2D eigenvalue weighted by Gasteiger charge is 2.23. The Morgan fingerprint density at radius 3 is 2.86 bits per heavy atom. The van der Waals surface area contributed by atoms with Crippen LogP contribution in [0.3, 0.4) is 0 Å². The molecule has 104 valence electrons. The van der Waals surface area contributed by atoms with Crippen LogP contribution in [0.5, 0.6) is 0 Å². The molecule has 0 spiro atoms. The third kappa shape index (κ3) is 2.07. The fourth-order valence-electron chi connectivity index (χ4n) is 2.71. The molecule has 2 aromatic heterocycles. The Morgan fingerprint density at radius 2 is 2.10 bits per heavy atom. The molecule has 1 aromatic carbocycles. The van der Waals surface area contributed by atoms with Crippen molar-refractivity contribution < 1.29 is 4.52 Å². The first kappa shape index (κ1) is 12.1. The van der Waals surface area contributed by atoms with Crippen molar-refractivity contribution in [3.63, 3.8) is 0 Å². The smallest absolute Gasteiger partial charge is 0.279 e. The lowest BCUT2D eigenvalue weighted by molar-refractivity contribution is 0.424. The lowest BCUT2D eigenvalue weighted by atomic mass is 9.88. The van der Waals surface area contributed by atoms with Crippen LogP contribution in [0.1, 0.15) is 28.6 Å². The van der Waals surface area contributed by atoms with E-state index in [9.17, 15) is 0 Å². The van der Waals surface area contributed by atoms with E-state index in [0.29, 0.717) is 17.6 Å². The zero-order valence-electron chi connectivity index (χ0n) is 11.6. The number of hydrogen-bond donors (Lipinski definition) is 1. The van der Waals surface area contributed by atoms with Gasteiger partial charge in [0.2, 0.25) is 0 Å². The standard InChI is InChI=1S/C16H14N4O/c1-10-17-16(21-20-10)15-13-8-7-12(9-14(13)18-19-15)11-5-3-2-4-6-11/h2-8,12H,9H2,1H3,(H,18,19). The van der Waals surface area contributed by atoms with Crippen LogP contribution in [0.15, 0.2) is 40.9 Å². The first-order valence-electron chi connectivity index (χ1n) is 6.92. The van der Waals surface area contributed by atoms with E-state index in [4.69, 9.17) is 4.52 Å². The van der Waals surface area contributed by atoms with Crippen LogP contribution in [-0.2, 0) is 6.42 Å². The fraction of sp³-hybridized carbons (Fsp3) is 0.188. The van der Waals surface area contributed by atoms with Crippen molar-refractivity contribution in [3.8, 4) is 11.6 Å². The number of benzene rings is 1. The van der Waals surface area contributed by atoms with E-state index in [2.05, 4.69) is 56.8 Å². The van der Waals surface area contributed by atoms with Crippen LogP contribution in [0.4, 0.5) is 0 Å². The number of nitrogens with one attached hydrogen (secondary N) is 1. The molecule has 21 heavy (non-hydrogen) atoms. The average Bonchev–Trinajstić information content (AvgIpc) is 3.13. The Hall–Kier alpha value is -2.69. The van der Waals surface area contributed by atoms with Crippen molar-refractivity contribution in [2.24, 2.45) is 0 Å². The van der Waals surface area contributed by atoms with E-state index in [-0.39, 0.29) is 0 Å². The molecule has 0 bridgehead atoms. The van der Waals surface area contributed by atoms with E-state index in [1.165, 1.54) is 5.56 Å². The summed E-state index contributed by atoms with van der Waals surface area (Å²) in [5.41, 5.74) is 4.19. The Balaban J connectivity index is 1.69. The highest BCUT2D eigenvalue weighted by atomic mass is 16.5. The van der Waals surface area contributed by atoms with E-state index < -0.39 is 0 Å². The van der Waals surface area contributed by atoms with E-state index in [0.717, 1.165) is 23.4 Å². The molecule has 1 N–H and O–H groups in total. The maximum atomic E-state index is 5.21. The molecule has 0 radical (unpaired) electrons. The summed E-state index contributed by atoms with van der Waals surface area (Å²) in [5.74, 6) is 1.45. The second-order valence-corrected chi connectivity index (χ2v) is 5.19. The molecule has 0 amide bonds. The minimum atomic E-state index is 0.372. The van der Waals surface area contributed by atoms with Crippen molar-refractivity contribution in [1.82, 2.24) is 20.3 Å². The Labute approximate surface area is 121 Å². The summed E-state index contributed by atoms with van der Waals surface area (Å²) in [4.78, 5) is 4.24. The molecule has 0 saturated heterocycles. The van der Waals surface area contributed by atoms with E-state index >= 15 is 0 Å². The normalized spacial score (nSPS) is 16.9. The average molecular weight is 278 g/mol. The highest BCUT2D eigenvalue weighted by Crippen LogP contribution is 2.33. The Kier molecular flexibility index (Phi) is 2.70. The number of hydrogen-bond acceptors (Lipinski definition) is 4. The van der Waals surface area contributed by atoms with Gasteiger partial charge in [-0.15, -0.1) is 0 Å². The van der Waals surface area contributed by atoms with Crippen molar-refractivity contribution >= 4 is 6.08 Å². The van der Waals surface area contributed by atoms with Crippen LogP contribution in [0.2, 0.25) is 0 Å². The molecule has 0 saturated carbocycles. The minimum Gasteiger partial charge on any atom is -0.332 e. The molecule has 4 rings (SSSR count). The zero-order chi connectivity index (χ0) is 14.2. The van der Waals surface area contributed by atoms with Gasteiger partial charge in [0.05, 0.1) is 0 Å². The van der Waals surface area contributed by atoms with Gasteiger partial charge in [-0.05, 0) is 12.5 Å². The number of aromatic amines is 1. The number of nitrogens with zero attached hydrogens (tertiary/aromatic N) is 3. The van der Waals surface area contributed by atoms with Crippen molar-refractivity contribution in [2.45, 2.75) is 19.3 Å². The molecular formula is C16H14N4O. The summed E-state index contributed by atoms with van der Waals surface area (Å²) in [7, 11) is 0. The van der Waals surface area contributed by atoms with E-state index in [1.54, 1.807) is 6.92 Å². The first-order chi connectivity index (χ1) is 10.3. The second-order valence-electron chi connectivity index (χ2n) is 5.19. The molecule has 5 heteroatoms. The van der Waals surface area contributed by atoms with Gasteiger partial charge >= 0.3 is 0 Å². The third-order valence-corrected chi connectivity index (χ3v) is 3.76. The maximum Gasteiger partial charge on any atom is 0.279 e. The zero-order valence-corrected chi connectivity index (χ0v) is 11.6. The third-order valence-electron chi connectivity index (χ3n) is 3.76. The molecular weight excluding hydrogens is 264 g/mol. The van der Waals surface area contributed by atoms with Crippen molar-refractivity contribution in [1.29, 1.82) is 0 Å². The van der Waals surface area contributed by atoms with Crippen molar-refractivity contribution in [2.75, 3.05) is 0 Å². The topological polar surface area (TPSA) is 67.6 Å². The number of aryl methyl sites for hydroxylation is 1. The van der Waals surface area contributed by atoms with Gasteiger partial charge in [-0.1, -0.05) is 47.6 Å². The summed E-state index contributed by atoms with van der Waals surface area (Å²) in [6.45, 7) is 1.80. The van der Waals surface area contributed by atoms with Gasteiger partial charge < -0.3 is 4.52 Å². The molecule has 2 heterocycles. The number of rotatable bonds is 2. The Bertz CT molecular complexity index is 801. The van der Waals surface area contributed by atoms with Gasteiger partial charge in [0.15, 0.2) is 11.5 Å². The predicted octanol–water partition coefficient (Wildman–Crippen LogP) is 3.12. The van der Waals surface area contributed by atoms with Crippen LogP contribution in [0.25, 0.3) is 17.7 Å². The molecule has 0 fully saturated rings. The number of H-pyrrole nitrogens is 1. The summed E-state index contributed by atoms with van der Waals surface area (Å²) < 4.78 is 5.21. The quantitative estimate of drug-likeness (QED) is 0.782. The Morgan fingerprint density at radius 1 is 1.24 bits per heavy atom. The van der Waals surface area contributed by atoms with Gasteiger partial charge in [-0.2, -0.15) is 10.1 Å². The summed E-state index contributed by atoms with van der Waals surface area (Å²) in [5, 5.41) is 11.3. The summed E-state index contributed by atoms with van der Waals surface area (Å²) >= 11 is 0. The molecule has 1 aliphatic carbocycles. The summed E-state index contributed by atoms with van der Waals surface area (Å²) in [6, 6.07) is 10.5. The van der Waals surface area contributed by atoms with Gasteiger partial charge in [-0.25, -0.2) is 0 Å². The number of aromatic nitrogens is 4. The summed E-state index contributed by atoms with van der Waals surface area (Å²) in [6.07, 6.45) is 5.20. The largest absolute Gasteiger partial charge is 0.332 e. The monoisotopic (exact) mass is 278 g/mol. The first-order valence-corrected chi connectivity index (χ1v) is 6.92. The van der Waals surface area contributed by atoms with Gasteiger partial charge in [-0.3, -0.25) is 5.10 Å². The van der Waals surface area contributed by atoms with Crippen molar-refractivity contribution in [3.05, 3.63) is 59.1 Å². The number of allylic oxidation sites excluding steroid dienone is 1. The molecule has 0 aliphatic heterocycles. The van der Waals surface area contributed by atoms with Gasteiger partial charge in [0.25, 0.3) is 5.89 Å². The van der Waals surface area contributed by atoms with E-state index in [1.807, 2.05) is 6.07 Å². The lowest BCUT2D eigenvalue weighted by Gasteiger charge is -2.16. The van der Waals surface area contributed by atoms with Crippen LogP contribution >= 0.6 is 0 Å². The van der Waals surface area contributed by atoms with Crippen LogP contribution in [0, 0.1) is 6.92 Å². The molecule has 1 aliphatic rings. The van der Waals surface area contributed by atoms with Crippen LogP contribution < -0.4 is 0 Å². The predicted molar refractivity (Wildman–Crippen MR) is 78.5 cm³/mol. The van der Waals surface area contributed by atoms with Gasteiger partial charge in [0.1, 0.15) is 0 Å².